The summed E-state index contributed by atoms with van der Waals surface area (Å²) >= 11 is 3.46. The van der Waals surface area contributed by atoms with Crippen molar-refractivity contribution in [3.05, 3.63) is 6.92 Å². The van der Waals surface area contributed by atoms with E-state index in [1.165, 1.54) is 0 Å². The van der Waals surface area contributed by atoms with Crippen LogP contribution in [0.2, 0.25) is 0 Å². The van der Waals surface area contributed by atoms with Crippen LogP contribution in [0, 0.1) is 6.92 Å². The molecule has 0 aliphatic heterocycles. The van der Waals surface area contributed by atoms with Gasteiger partial charge in [0.15, 0.2) is 0 Å². The van der Waals surface area contributed by atoms with Crippen LogP contribution >= 0.6 is 12.9 Å². The summed E-state index contributed by atoms with van der Waals surface area (Å²) in [5, 5.41) is 0. The summed E-state index contributed by atoms with van der Waals surface area (Å²) < 4.78 is 4.32. The molecular formula is C3H8KOS. The molecule has 0 aromatic carbocycles. The monoisotopic (exact) mass is 131 g/mol. The molecule has 1 radical (unpaired) electrons. The number of thiol groups is 1. The maximum atomic E-state index is 4.32. The Morgan fingerprint density at radius 1 is 1.67 bits per heavy atom. The molecule has 0 saturated carbocycles. The first-order valence-corrected chi connectivity index (χ1v) is 1.84. The number of hydrogen-bond acceptors (Lipinski definition) is 2. The molecule has 1 nitrogen and oxygen atoms in total. The molecule has 0 aromatic heterocycles. The average molecular weight is 131 g/mol. The topological polar surface area (TPSA) is 9.23 Å². The van der Waals surface area contributed by atoms with Gasteiger partial charge >= 0.3 is 51.4 Å². The van der Waals surface area contributed by atoms with Crippen LogP contribution in [0.25, 0.3) is 0 Å². The molecule has 0 aliphatic rings. The van der Waals surface area contributed by atoms with Gasteiger partial charge in [0, 0.05) is 0 Å². The fraction of sp³-hybridized carbons (Fsp3) is 0.667. The molecule has 0 fully saturated rings. The van der Waals surface area contributed by atoms with Crippen molar-refractivity contribution in [2.75, 3.05) is 6.61 Å². The Morgan fingerprint density at radius 3 is 2.17 bits per heavy atom. The molecule has 0 heterocycles. The zero-order chi connectivity index (χ0) is 4.12. The summed E-state index contributed by atoms with van der Waals surface area (Å²) in [6, 6.07) is 0. The minimum atomic E-state index is 0. The van der Waals surface area contributed by atoms with Gasteiger partial charge in [0.1, 0.15) is 0 Å². The van der Waals surface area contributed by atoms with E-state index in [4.69, 9.17) is 0 Å². The van der Waals surface area contributed by atoms with Crippen LogP contribution in [-0.2, 0) is 4.18 Å². The molecular weight excluding hydrogens is 123 g/mol. The van der Waals surface area contributed by atoms with Crippen molar-refractivity contribution in [2.24, 2.45) is 0 Å². The second-order valence-electron chi connectivity index (χ2n) is 0.687. The van der Waals surface area contributed by atoms with Crippen LogP contribution in [0.15, 0.2) is 0 Å². The van der Waals surface area contributed by atoms with Crippen molar-refractivity contribution >= 4 is 64.3 Å². The molecule has 0 rings (SSSR count). The Kier molecular flexibility index (Phi) is 18.1. The van der Waals surface area contributed by atoms with E-state index in [0.717, 1.165) is 6.42 Å². The normalized spacial score (nSPS) is 7.00. The van der Waals surface area contributed by atoms with Crippen LogP contribution in [0.4, 0.5) is 0 Å². The summed E-state index contributed by atoms with van der Waals surface area (Å²) in [6.45, 7) is 4.14. The zero-order valence-electron chi connectivity index (χ0n) is 2.98. The van der Waals surface area contributed by atoms with Crippen LogP contribution in [0.3, 0.4) is 0 Å². The molecule has 0 unspecified atom stereocenters. The van der Waals surface area contributed by atoms with Crippen LogP contribution < -0.4 is 0 Å². The van der Waals surface area contributed by atoms with Gasteiger partial charge < -0.3 is 4.18 Å². The van der Waals surface area contributed by atoms with E-state index in [1.807, 2.05) is 0 Å². The third kappa shape index (κ3) is 9.34. The molecule has 0 N–H and O–H groups in total. The van der Waals surface area contributed by atoms with Gasteiger partial charge in [-0.05, 0) is 19.3 Å². The summed E-state index contributed by atoms with van der Waals surface area (Å²) in [5.41, 5.74) is 0. The van der Waals surface area contributed by atoms with Crippen LogP contribution in [0.1, 0.15) is 6.42 Å². The molecule has 0 spiro atoms. The molecule has 0 aromatic rings. The molecule has 33 valence electrons. The van der Waals surface area contributed by atoms with Crippen molar-refractivity contribution in [3.63, 3.8) is 0 Å². The zero-order valence-corrected chi connectivity index (χ0v) is 3.87. The Hall–Kier alpha value is 1.95. The van der Waals surface area contributed by atoms with E-state index in [2.05, 4.69) is 24.0 Å². The van der Waals surface area contributed by atoms with Crippen molar-refractivity contribution in [1.29, 1.82) is 0 Å². The predicted octanol–water partition coefficient (Wildman–Crippen LogP) is 0.423. The molecule has 0 atom stereocenters. The summed E-state index contributed by atoms with van der Waals surface area (Å²) in [7, 11) is 0. The molecule has 0 aliphatic carbocycles. The first kappa shape index (κ1) is 10.8. The predicted molar refractivity (Wildman–Crippen MR) is 32.1 cm³/mol. The molecule has 0 saturated heterocycles. The van der Waals surface area contributed by atoms with Gasteiger partial charge in [-0.15, -0.1) is 0 Å². The van der Waals surface area contributed by atoms with Crippen molar-refractivity contribution in [2.45, 2.75) is 6.42 Å². The Morgan fingerprint density at radius 2 is 2.17 bits per heavy atom. The maximum absolute atomic E-state index is 4.32. The molecule has 6 heavy (non-hydrogen) atoms. The van der Waals surface area contributed by atoms with Gasteiger partial charge in [-0.1, -0.05) is 6.92 Å². The second kappa shape index (κ2) is 10.0. The van der Waals surface area contributed by atoms with Crippen molar-refractivity contribution in [3.8, 4) is 0 Å². The van der Waals surface area contributed by atoms with Crippen LogP contribution in [0.5, 0.6) is 0 Å². The van der Waals surface area contributed by atoms with Gasteiger partial charge in [-0.2, -0.15) is 0 Å². The molecule has 3 heteroatoms. The average Bonchev–Trinajstić information content (AvgIpc) is 1.41. The quantitative estimate of drug-likeness (QED) is 0.325. The SMILES string of the molecule is [CH2]CCOS.[KH]. The first-order valence-electron chi connectivity index (χ1n) is 1.47. The van der Waals surface area contributed by atoms with Gasteiger partial charge in [0.25, 0.3) is 0 Å². The fourth-order valence-electron chi connectivity index (χ4n) is 0.0645. The Bertz CT molecular complexity index is 18.3. The van der Waals surface area contributed by atoms with E-state index in [0.29, 0.717) is 6.61 Å². The number of rotatable bonds is 2. The third-order valence-electron chi connectivity index (χ3n) is 0.236. The number of hydrogen-bond donors (Lipinski definition) is 1. The van der Waals surface area contributed by atoms with E-state index >= 15 is 0 Å². The summed E-state index contributed by atoms with van der Waals surface area (Å²) in [5.74, 6) is 0. The van der Waals surface area contributed by atoms with E-state index in [9.17, 15) is 0 Å². The standard InChI is InChI=1S/C3H7OS.K.H/c1-2-3-4-5;;/h5H,1-3H2;;. The first-order chi connectivity index (χ1) is 2.41. The summed E-state index contributed by atoms with van der Waals surface area (Å²) in [6.07, 6.45) is 0.795. The van der Waals surface area contributed by atoms with E-state index in [-0.39, 0.29) is 51.4 Å². The Balaban J connectivity index is 0. The van der Waals surface area contributed by atoms with Crippen molar-refractivity contribution in [1.82, 2.24) is 0 Å². The van der Waals surface area contributed by atoms with Gasteiger partial charge in [0.2, 0.25) is 0 Å². The van der Waals surface area contributed by atoms with E-state index < -0.39 is 0 Å². The van der Waals surface area contributed by atoms with Crippen molar-refractivity contribution < 1.29 is 4.18 Å². The van der Waals surface area contributed by atoms with E-state index in [1.54, 1.807) is 0 Å². The van der Waals surface area contributed by atoms with Gasteiger partial charge in [-0.3, -0.25) is 0 Å². The molecule has 0 amide bonds. The third-order valence-corrected chi connectivity index (χ3v) is 0.418. The van der Waals surface area contributed by atoms with Gasteiger partial charge in [-0.25, -0.2) is 0 Å². The summed E-state index contributed by atoms with van der Waals surface area (Å²) in [4.78, 5) is 0. The molecule has 0 bridgehead atoms. The van der Waals surface area contributed by atoms with Gasteiger partial charge in [0.05, 0.1) is 6.61 Å². The minimum absolute atomic E-state index is 0. The Labute approximate surface area is 86.9 Å². The van der Waals surface area contributed by atoms with Crippen LogP contribution in [-0.4, -0.2) is 58.0 Å². The fourth-order valence-corrected chi connectivity index (χ4v) is 0.194. The second-order valence-corrected chi connectivity index (χ2v) is 0.945.